The SMILES string of the molecule is O=C(C=Cc1ccccc1N1CCN(S(=O)(=O)c2ccc(OC(F)(F)F)cc2)CC1=O)NO. The van der Waals surface area contributed by atoms with Crippen molar-refractivity contribution >= 4 is 33.6 Å². The number of halogens is 3. The maximum atomic E-state index is 12.9. The van der Waals surface area contributed by atoms with Crippen LogP contribution in [0.3, 0.4) is 0 Å². The molecule has 2 N–H and O–H groups in total. The minimum atomic E-state index is -4.91. The van der Waals surface area contributed by atoms with E-state index >= 15 is 0 Å². The molecular weight excluding hydrogens is 467 g/mol. The molecule has 33 heavy (non-hydrogen) atoms. The fourth-order valence-electron chi connectivity index (χ4n) is 3.15. The van der Waals surface area contributed by atoms with E-state index in [4.69, 9.17) is 5.21 Å². The zero-order valence-corrected chi connectivity index (χ0v) is 17.6. The van der Waals surface area contributed by atoms with E-state index in [1.807, 2.05) is 0 Å². The Morgan fingerprint density at radius 1 is 1.09 bits per heavy atom. The Bertz CT molecular complexity index is 1170. The normalized spacial score (nSPS) is 15.6. The summed E-state index contributed by atoms with van der Waals surface area (Å²) in [4.78, 5) is 25.1. The van der Waals surface area contributed by atoms with Crippen LogP contribution in [0.25, 0.3) is 6.08 Å². The third-order valence-electron chi connectivity index (χ3n) is 4.63. The third-order valence-corrected chi connectivity index (χ3v) is 6.49. The van der Waals surface area contributed by atoms with Crippen LogP contribution in [0.5, 0.6) is 5.75 Å². The Morgan fingerprint density at radius 3 is 2.36 bits per heavy atom. The molecule has 0 radical (unpaired) electrons. The first-order chi connectivity index (χ1) is 15.5. The average molecular weight is 485 g/mol. The van der Waals surface area contributed by atoms with Gasteiger partial charge in [-0.15, -0.1) is 13.2 Å². The summed E-state index contributed by atoms with van der Waals surface area (Å²) < 4.78 is 67.3. The molecule has 0 spiro atoms. The molecule has 176 valence electrons. The number of sulfonamides is 1. The van der Waals surface area contributed by atoms with E-state index in [2.05, 4.69) is 4.74 Å². The van der Waals surface area contributed by atoms with E-state index in [0.717, 1.165) is 34.6 Å². The van der Waals surface area contributed by atoms with Crippen molar-refractivity contribution in [3.05, 3.63) is 60.2 Å². The number of para-hydroxylation sites is 1. The molecule has 0 aliphatic carbocycles. The minimum Gasteiger partial charge on any atom is -0.406 e. The summed E-state index contributed by atoms with van der Waals surface area (Å²) in [6, 6.07) is 10.3. The van der Waals surface area contributed by atoms with Crippen LogP contribution in [-0.2, 0) is 19.6 Å². The van der Waals surface area contributed by atoms with Gasteiger partial charge in [-0.2, -0.15) is 4.31 Å². The monoisotopic (exact) mass is 485 g/mol. The maximum Gasteiger partial charge on any atom is 0.573 e. The van der Waals surface area contributed by atoms with Crippen molar-refractivity contribution < 1.29 is 41.1 Å². The first-order valence-corrected chi connectivity index (χ1v) is 10.8. The number of hydroxylamine groups is 1. The molecule has 1 saturated heterocycles. The molecule has 13 heteroatoms. The van der Waals surface area contributed by atoms with E-state index in [1.165, 1.54) is 16.5 Å². The summed E-state index contributed by atoms with van der Waals surface area (Å²) >= 11 is 0. The molecule has 1 aliphatic heterocycles. The lowest BCUT2D eigenvalue weighted by Gasteiger charge is -2.34. The van der Waals surface area contributed by atoms with Gasteiger partial charge in [0.1, 0.15) is 5.75 Å². The number of carbonyl (C=O) groups is 2. The number of hydrogen-bond donors (Lipinski definition) is 2. The van der Waals surface area contributed by atoms with Gasteiger partial charge in [0.05, 0.1) is 17.1 Å². The number of nitrogens with one attached hydrogen (secondary N) is 1. The van der Waals surface area contributed by atoms with Crippen LogP contribution >= 0.6 is 0 Å². The summed E-state index contributed by atoms with van der Waals surface area (Å²) in [6.45, 7) is -0.549. The highest BCUT2D eigenvalue weighted by molar-refractivity contribution is 7.89. The van der Waals surface area contributed by atoms with Crippen LogP contribution in [0, 0.1) is 0 Å². The highest BCUT2D eigenvalue weighted by atomic mass is 32.2. The largest absolute Gasteiger partial charge is 0.573 e. The van der Waals surface area contributed by atoms with Crippen LogP contribution in [-0.4, -0.2) is 55.7 Å². The molecule has 1 aliphatic rings. The fraction of sp³-hybridized carbons (Fsp3) is 0.200. The first-order valence-electron chi connectivity index (χ1n) is 9.39. The van der Waals surface area contributed by atoms with E-state index < -0.39 is 40.5 Å². The van der Waals surface area contributed by atoms with Crippen molar-refractivity contribution in [3.8, 4) is 5.75 Å². The number of carbonyl (C=O) groups excluding carboxylic acids is 2. The van der Waals surface area contributed by atoms with Gasteiger partial charge < -0.3 is 9.64 Å². The second-order valence-corrected chi connectivity index (χ2v) is 8.71. The summed E-state index contributed by atoms with van der Waals surface area (Å²) in [6.07, 6.45) is -2.45. The lowest BCUT2D eigenvalue weighted by atomic mass is 10.1. The van der Waals surface area contributed by atoms with Gasteiger partial charge in [-0.3, -0.25) is 14.8 Å². The number of amides is 2. The number of alkyl halides is 3. The van der Waals surface area contributed by atoms with Gasteiger partial charge in [-0.25, -0.2) is 13.9 Å². The first kappa shape index (κ1) is 24.2. The molecule has 1 heterocycles. The van der Waals surface area contributed by atoms with E-state index in [0.29, 0.717) is 11.3 Å². The van der Waals surface area contributed by atoms with Crippen molar-refractivity contribution in [3.63, 3.8) is 0 Å². The lowest BCUT2D eigenvalue weighted by Crippen LogP contribution is -2.52. The zero-order chi connectivity index (χ0) is 24.2. The second kappa shape index (κ2) is 9.60. The molecule has 0 atom stereocenters. The van der Waals surface area contributed by atoms with E-state index in [9.17, 15) is 31.2 Å². The standard InChI is InChI=1S/C20H18F3N3O6S/c21-20(22,23)32-15-6-8-16(9-7-15)33(30,31)25-11-12-26(19(28)13-25)17-4-2-1-3-14(17)5-10-18(27)24-29/h1-10,29H,11-13H2,(H,24,27). The van der Waals surface area contributed by atoms with Gasteiger partial charge in [-0.1, -0.05) is 18.2 Å². The van der Waals surface area contributed by atoms with Gasteiger partial charge >= 0.3 is 6.36 Å². The number of rotatable bonds is 6. The molecule has 0 saturated carbocycles. The fourth-order valence-corrected chi connectivity index (χ4v) is 4.53. The van der Waals surface area contributed by atoms with E-state index in [1.54, 1.807) is 24.3 Å². The molecular formula is C20H18F3N3O6S. The summed E-state index contributed by atoms with van der Waals surface area (Å²) in [5.74, 6) is -1.87. The second-order valence-electron chi connectivity index (χ2n) is 6.77. The van der Waals surface area contributed by atoms with Crippen LogP contribution in [0.15, 0.2) is 59.5 Å². The number of benzene rings is 2. The minimum absolute atomic E-state index is 0.00435. The number of anilines is 1. The lowest BCUT2D eigenvalue weighted by molar-refractivity contribution is -0.274. The number of hydrogen-bond acceptors (Lipinski definition) is 6. The van der Waals surface area contributed by atoms with Crippen LogP contribution in [0.4, 0.5) is 18.9 Å². The van der Waals surface area contributed by atoms with Crippen molar-refractivity contribution in [2.45, 2.75) is 11.3 Å². The molecule has 2 aromatic carbocycles. The predicted octanol–water partition coefficient (Wildman–Crippen LogP) is 2.14. The van der Waals surface area contributed by atoms with Gasteiger partial charge in [0, 0.05) is 19.2 Å². The van der Waals surface area contributed by atoms with Crippen molar-refractivity contribution in [1.29, 1.82) is 0 Å². The molecule has 0 unspecified atom stereocenters. The van der Waals surface area contributed by atoms with Crippen LogP contribution in [0.2, 0.25) is 0 Å². The summed E-state index contributed by atoms with van der Waals surface area (Å²) in [5, 5.41) is 8.60. The maximum absolute atomic E-state index is 12.9. The molecule has 2 aromatic rings. The number of ether oxygens (including phenoxy) is 1. The van der Waals surface area contributed by atoms with Crippen molar-refractivity contribution in [1.82, 2.24) is 9.79 Å². The Kier molecular flexibility index (Phi) is 7.05. The van der Waals surface area contributed by atoms with Crippen molar-refractivity contribution in [2.24, 2.45) is 0 Å². The molecule has 0 aromatic heterocycles. The van der Waals surface area contributed by atoms with E-state index in [-0.39, 0.29) is 18.0 Å². The summed E-state index contributed by atoms with van der Waals surface area (Å²) in [7, 11) is -4.14. The highest BCUT2D eigenvalue weighted by Gasteiger charge is 2.35. The molecule has 2 amide bonds. The molecule has 9 nitrogen and oxygen atoms in total. The Labute approximate surface area is 186 Å². The van der Waals surface area contributed by atoms with Crippen LogP contribution < -0.4 is 15.1 Å². The average Bonchev–Trinajstić information content (AvgIpc) is 2.77. The number of nitrogens with zero attached hydrogens (tertiary/aromatic N) is 2. The highest BCUT2D eigenvalue weighted by Crippen LogP contribution is 2.28. The van der Waals surface area contributed by atoms with Gasteiger partial charge in [-0.05, 0) is 42.0 Å². The van der Waals surface area contributed by atoms with Crippen molar-refractivity contribution in [2.75, 3.05) is 24.5 Å². The Morgan fingerprint density at radius 2 is 1.76 bits per heavy atom. The van der Waals surface area contributed by atoms with Gasteiger partial charge in [0.25, 0.3) is 5.91 Å². The quantitative estimate of drug-likeness (QED) is 0.368. The third kappa shape index (κ3) is 5.88. The van der Waals surface area contributed by atoms with Gasteiger partial charge in [0.15, 0.2) is 0 Å². The zero-order valence-electron chi connectivity index (χ0n) is 16.8. The summed E-state index contributed by atoms with van der Waals surface area (Å²) in [5.41, 5.74) is 2.38. The molecule has 0 bridgehead atoms. The van der Waals surface area contributed by atoms with Crippen LogP contribution in [0.1, 0.15) is 5.56 Å². The Hall–Kier alpha value is -3.42. The predicted molar refractivity (Wildman–Crippen MR) is 110 cm³/mol. The smallest absolute Gasteiger partial charge is 0.406 e. The molecule has 1 fully saturated rings. The Balaban J connectivity index is 1.76. The van der Waals surface area contributed by atoms with Gasteiger partial charge in [0.2, 0.25) is 15.9 Å². The number of piperazine rings is 1. The topological polar surface area (TPSA) is 116 Å². The molecule has 3 rings (SSSR count).